The van der Waals surface area contributed by atoms with Crippen LogP contribution in [0.3, 0.4) is 0 Å². The summed E-state index contributed by atoms with van der Waals surface area (Å²) < 4.78 is 18.3. The van der Waals surface area contributed by atoms with E-state index >= 15 is 0 Å². The summed E-state index contributed by atoms with van der Waals surface area (Å²) in [6.45, 7) is 4.21. The summed E-state index contributed by atoms with van der Waals surface area (Å²) in [6, 6.07) is 20.5. The van der Waals surface area contributed by atoms with E-state index in [0.717, 1.165) is 17.5 Å². The van der Waals surface area contributed by atoms with Gasteiger partial charge in [0.1, 0.15) is 12.2 Å². The zero-order valence-electron chi connectivity index (χ0n) is 18.0. The van der Waals surface area contributed by atoms with Crippen molar-refractivity contribution in [2.75, 3.05) is 13.2 Å². The number of fused-ring (bicyclic) bond motifs is 1. The van der Waals surface area contributed by atoms with Crippen LogP contribution in [0.1, 0.15) is 30.9 Å². The Kier molecular flexibility index (Phi) is 7.57. The number of ether oxygens (including phenoxy) is 3. The van der Waals surface area contributed by atoms with Gasteiger partial charge in [0.05, 0.1) is 32.0 Å². The topological polar surface area (TPSA) is 72.3 Å². The number of hydrogen-bond acceptors (Lipinski definition) is 5. The van der Waals surface area contributed by atoms with Gasteiger partial charge < -0.3 is 24.6 Å². The van der Waals surface area contributed by atoms with E-state index in [1.54, 1.807) is 0 Å². The maximum Gasteiger partial charge on any atom is 0.285 e. The van der Waals surface area contributed by atoms with Gasteiger partial charge in [-0.1, -0.05) is 67.6 Å². The Hall–Kier alpha value is -2.41. The van der Waals surface area contributed by atoms with Gasteiger partial charge in [0.15, 0.2) is 0 Å². The third-order valence-corrected chi connectivity index (χ3v) is 5.87. The van der Waals surface area contributed by atoms with Gasteiger partial charge in [-0.2, -0.15) is 0 Å². The number of aliphatic hydroxyl groups is 1. The predicted octanol–water partition coefficient (Wildman–Crippen LogP) is 3.29. The molecular formula is C25H32N2O4. The number of aliphatic imine (C=N–C) groups is 1. The molecule has 6 nitrogen and oxygen atoms in total. The summed E-state index contributed by atoms with van der Waals surface area (Å²) in [6.07, 6.45) is 0.506. The third-order valence-electron chi connectivity index (χ3n) is 5.87. The first-order valence-electron chi connectivity index (χ1n) is 11.2. The van der Waals surface area contributed by atoms with E-state index < -0.39 is 12.2 Å². The van der Waals surface area contributed by atoms with E-state index in [1.165, 1.54) is 0 Å². The van der Waals surface area contributed by atoms with Crippen molar-refractivity contribution in [3.05, 3.63) is 71.8 Å². The molecule has 1 aliphatic carbocycles. The molecule has 166 valence electrons. The van der Waals surface area contributed by atoms with Gasteiger partial charge in [-0.25, -0.2) is 4.99 Å². The van der Waals surface area contributed by atoms with E-state index in [1.807, 2.05) is 60.7 Å². The lowest BCUT2D eigenvalue weighted by Crippen LogP contribution is -2.57. The highest BCUT2D eigenvalue weighted by Crippen LogP contribution is 2.33. The first-order chi connectivity index (χ1) is 15.2. The van der Waals surface area contributed by atoms with Crippen LogP contribution >= 0.6 is 0 Å². The first kappa shape index (κ1) is 21.8. The fourth-order valence-corrected chi connectivity index (χ4v) is 4.23. The fourth-order valence-electron chi connectivity index (χ4n) is 4.23. The summed E-state index contributed by atoms with van der Waals surface area (Å²) in [7, 11) is 0. The van der Waals surface area contributed by atoms with Crippen molar-refractivity contribution < 1.29 is 19.3 Å². The van der Waals surface area contributed by atoms with Crippen LogP contribution in [0.15, 0.2) is 65.7 Å². The van der Waals surface area contributed by atoms with Gasteiger partial charge in [-0.15, -0.1) is 0 Å². The second kappa shape index (κ2) is 10.8. The van der Waals surface area contributed by atoms with E-state index in [2.05, 4.69) is 17.2 Å². The molecule has 1 aliphatic heterocycles. The average Bonchev–Trinajstić information content (AvgIpc) is 3.21. The van der Waals surface area contributed by atoms with Crippen molar-refractivity contribution >= 4 is 6.02 Å². The lowest BCUT2D eigenvalue weighted by atomic mass is 9.80. The van der Waals surface area contributed by atoms with Crippen molar-refractivity contribution in [3.63, 3.8) is 0 Å². The second-order valence-corrected chi connectivity index (χ2v) is 8.26. The average molecular weight is 425 g/mol. The molecule has 0 amide bonds. The molecular weight excluding hydrogens is 392 g/mol. The normalized spacial score (nSPS) is 28.7. The number of nitrogens with zero attached hydrogens (tertiary/aromatic N) is 1. The molecule has 0 aromatic heterocycles. The standard InChI is InChI=1S/C25H32N2O4/c1-2-13-26-25-27-22-21(31-25)14-20(17-29-15-18-9-5-3-6-10-18)23(28)24(22)30-16-19-11-7-4-8-12-19/h3-12,20-24,28H,2,13-17H2,1H3,(H,26,27)/t20-,21+,22-,23-,24-/m1/s1. The first-order valence-corrected chi connectivity index (χ1v) is 11.2. The minimum atomic E-state index is -0.651. The van der Waals surface area contributed by atoms with E-state index in [9.17, 15) is 5.11 Å². The SMILES string of the molecule is CCCN=C1N[C@H]2[C@@H](OCc3ccccc3)[C@H](O)[C@@H](COCc3ccccc3)C[C@@H]2O1. The second-order valence-electron chi connectivity index (χ2n) is 8.26. The molecule has 4 rings (SSSR count). The quantitative estimate of drug-likeness (QED) is 0.646. The molecule has 0 unspecified atom stereocenters. The van der Waals surface area contributed by atoms with Gasteiger partial charge in [-0.3, -0.25) is 0 Å². The van der Waals surface area contributed by atoms with Crippen molar-refractivity contribution in [1.82, 2.24) is 5.32 Å². The maximum absolute atomic E-state index is 11.2. The number of aliphatic hydroxyl groups excluding tert-OH is 1. The minimum absolute atomic E-state index is 0.0712. The summed E-state index contributed by atoms with van der Waals surface area (Å²) in [5, 5.41) is 14.5. The highest BCUT2D eigenvalue weighted by Gasteiger charge is 2.50. The number of nitrogens with one attached hydrogen (secondary N) is 1. The van der Waals surface area contributed by atoms with Crippen LogP contribution in [0.4, 0.5) is 0 Å². The van der Waals surface area contributed by atoms with Crippen LogP contribution < -0.4 is 5.32 Å². The molecule has 0 radical (unpaired) electrons. The number of benzene rings is 2. The van der Waals surface area contributed by atoms with Crippen LogP contribution in [0.25, 0.3) is 0 Å². The monoisotopic (exact) mass is 424 g/mol. The molecule has 2 N–H and O–H groups in total. The van der Waals surface area contributed by atoms with E-state index in [4.69, 9.17) is 14.2 Å². The van der Waals surface area contributed by atoms with Gasteiger partial charge in [0.25, 0.3) is 6.02 Å². The highest BCUT2D eigenvalue weighted by molar-refractivity contribution is 5.76. The molecule has 31 heavy (non-hydrogen) atoms. The van der Waals surface area contributed by atoms with Crippen molar-refractivity contribution in [1.29, 1.82) is 0 Å². The van der Waals surface area contributed by atoms with Crippen molar-refractivity contribution in [2.45, 2.75) is 57.3 Å². The molecule has 6 heteroatoms. The Morgan fingerprint density at radius 3 is 2.39 bits per heavy atom. The minimum Gasteiger partial charge on any atom is -0.460 e. The summed E-state index contributed by atoms with van der Waals surface area (Å²) in [4.78, 5) is 4.49. The summed E-state index contributed by atoms with van der Waals surface area (Å²) in [5.74, 6) is -0.0712. The van der Waals surface area contributed by atoms with Gasteiger partial charge in [0.2, 0.25) is 0 Å². The molecule has 1 heterocycles. The maximum atomic E-state index is 11.2. The van der Waals surface area contributed by atoms with Crippen molar-refractivity contribution in [3.8, 4) is 0 Å². The van der Waals surface area contributed by atoms with Gasteiger partial charge in [0, 0.05) is 12.5 Å². The Labute approximate surface area is 184 Å². The van der Waals surface area contributed by atoms with Crippen molar-refractivity contribution in [2.24, 2.45) is 10.9 Å². The zero-order valence-corrected chi connectivity index (χ0v) is 18.0. The van der Waals surface area contributed by atoms with Crippen LogP contribution in [0, 0.1) is 5.92 Å². The van der Waals surface area contributed by atoms with E-state index in [-0.39, 0.29) is 18.1 Å². The van der Waals surface area contributed by atoms with Crippen LogP contribution in [-0.2, 0) is 27.4 Å². The lowest BCUT2D eigenvalue weighted by molar-refractivity contribution is -0.135. The lowest BCUT2D eigenvalue weighted by Gasteiger charge is -2.40. The smallest absolute Gasteiger partial charge is 0.285 e. The van der Waals surface area contributed by atoms with Crippen LogP contribution in [-0.4, -0.2) is 48.6 Å². The number of rotatable bonds is 9. The van der Waals surface area contributed by atoms with Gasteiger partial charge in [-0.05, 0) is 24.0 Å². The molecule has 2 aromatic rings. The summed E-state index contributed by atoms with van der Waals surface area (Å²) in [5.41, 5.74) is 2.20. The molecule has 2 fully saturated rings. The molecule has 2 aromatic carbocycles. The number of hydrogen-bond donors (Lipinski definition) is 2. The summed E-state index contributed by atoms with van der Waals surface area (Å²) >= 11 is 0. The molecule has 2 aliphatic rings. The Bertz CT molecular complexity index is 830. The van der Waals surface area contributed by atoms with E-state index in [0.29, 0.717) is 38.8 Å². The zero-order chi connectivity index (χ0) is 21.5. The fraction of sp³-hybridized carbons (Fsp3) is 0.480. The Morgan fingerprint density at radius 2 is 1.71 bits per heavy atom. The highest BCUT2D eigenvalue weighted by atomic mass is 16.5. The Balaban J connectivity index is 1.42. The largest absolute Gasteiger partial charge is 0.460 e. The molecule has 1 saturated carbocycles. The molecule has 5 atom stereocenters. The van der Waals surface area contributed by atoms with Crippen LogP contribution in [0.2, 0.25) is 0 Å². The molecule has 0 spiro atoms. The third kappa shape index (κ3) is 5.64. The molecule has 1 saturated heterocycles. The van der Waals surface area contributed by atoms with Gasteiger partial charge >= 0.3 is 0 Å². The van der Waals surface area contributed by atoms with Crippen LogP contribution in [0.5, 0.6) is 0 Å². The predicted molar refractivity (Wildman–Crippen MR) is 120 cm³/mol. The Morgan fingerprint density at radius 1 is 1.03 bits per heavy atom. The molecule has 0 bridgehead atoms. The number of amidine groups is 1.